The van der Waals surface area contributed by atoms with Gasteiger partial charge in [-0.25, -0.2) is 4.68 Å². The van der Waals surface area contributed by atoms with E-state index in [1.165, 1.54) is 10.2 Å². The standard InChI is InChI=1S/C23H23N3O2/c27-23-22-20(17-25-26(23)14-7-12-18-8-3-1-4-9-18)21(24-13-15-28-22)16-19-10-5-2-6-11-19/h1-12,17,21,24H,13-16H2/b12-7+. The number of hydrogen-bond donors (Lipinski definition) is 1. The lowest BCUT2D eigenvalue weighted by atomic mass is 10.00. The monoisotopic (exact) mass is 373 g/mol. The van der Waals surface area contributed by atoms with Crippen molar-refractivity contribution >= 4 is 6.08 Å². The third-order valence-electron chi connectivity index (χ3n) is 4.81. The molecule has 0 bridgehead atoms. The van der Waals surface area contributed by atoms with Gasteiger partial charge < -0.3 is 10.1 Å². The highest BCUT2D eigenvalue weighted by atomic mass is 16.5. The molecule has 28 heavy (non-hydrogen) atoms. The topological polar surface area (TPSA) is 56.2 Å². The van der Waals surface area contributed by atoms with E-state index in [9.17, 15) is 4.79 Å². The Bertz CT molecular complexity index is 997. The average molecular weight is 373 g/mol. The minimum Gasteiger partial charge on any atom is -0.486 e. The number of rotatable bonds is 5. The molecule has 0 amide bonds. The molecule has 1 N–H and O–H groups in total. The van der Waals surface area contributed by atoms with Crippen molar-refractivity contribution in [3.05, 3.63) is 100.0 Å². The van der Waals surface area contributed by atoms with E-state index in [0.717, 1.165) is 17.5 Å². The van der Waals surface area contributed by atoms with E-state index in [0.29, 0.717) is 25.4 Å². The summed E-state index contributed by atoms with van der Waals surface area (Å²) in [6.45, 7) is 1.57. The predicted molar refractivity (Wildman–Crippen MR) is 110 cm³/mol. The molecule has 0 fully saturated rings. The Kier molecular flexibility index (Phi) is 5.64. The van der Waals surface area contributed by atoms with E-state index < -0.39 is 0 Å². The molecule has 1 atom stereocenters. The van der Waals surface area contributed by atoms with E-state index in [-0.39, 0.29) is 11.6 Å². The Balaban J connectivity index is 1.57. The second-order valence-electron chi connectivity index (χ2n) is 6.77. The van der Waals surface area contributed by atoms with Crippen LogP contribution in [0.2, 0.25) is 0 Å². The summed E-state index contributed by atoms with van der Waals surface area (Å²) >= 11 is 0. The first-order valence-corrected chi connectivity index (χ1v) is 9.53. The molecule has 1 unspecified atom stereocenters. The van der Waals surface area contributed by atoms with Crippen LogP contribution < -0.4 is 15.6 Å². The molecule has 0 saturated carbocycles. The summed E-state index contributed by atoms with van der Waals surface area (Å²) in [5, 5.41) is 7.86. The Labute approximate surface area is 164 Å². The van der Waals surface area contributed by atoms with Crippen LogP contribution in [0, 0.1) is 0 Å². The number of hydrogen-bond acceptors (Lipinski definition) is 4. The molecule has 142 valence electrons. The molecular formula is C23H23N3O2. The molecule has 2 heterocycles. The Morgan fingerprint density at radius 3 is 2.64 bits per heavy atom. The van der Waals surface area contributed by atoms with Crippen molar-refractivity contribution in [1.29, 1.82) is 0 Å². The molecule has 2 aromatic carbocycles. The van der Waals surface area contributed by atoms with Crippen molar-refractivity contribution in [1.82, 2.24) is 15.1 Å². The molecule has 5 heteroatoms. The summed E-state index contributed by atoms with van der Waals surface area (Å²) in [4.78, 5) is 12.9. The lowest BCUT2D eigenvalue weighted by Gasteiger charge is -2.17. The van der Waals surface area contributed by atoms with Crippen molar-refractivity contribution < 1.29 is 4.74 Å². The summed E-state index contributed by atoms with van der Waals surface area (Å²) in [6.07, 6.45) is 6.47. The minimum atomic E-state index is -0.183. The van der Waals surface area contributed by atoms with Crippen LogP contribution in [0.5, 0.6) is 5.75 Å². The predicted octanol–water partition coefficient (Wildman–Crippen LogP) is 3.22. The summed E-state index contributed by atoms with van der Waals surface area (Å²) < 4.78 is 7.24. The van der Waals surface area contributed by atoms with E-state index in [2.05, 4.69) is 22.5 Å². The molecule has 0 spiro atoms. The highest BCUT2D eigenvalue weighted by molar-refractivity contribution is 5.48. The van der Waals surface area contributed by atoms with Gasteiger partial charge in [0.25, 0.3) is 0 Å². The first-order valence-electron chi connectivity index (χ1n) is 9.53. The fourth-order valence-electron chi connectivity index (χ4n) is 3.39. The van der Waals surface area contributed by atoms with Crippen LogP contribution in [0.4, 0.5) is 0 Å². The Hall–Kier alpha value is -3.18. The van der Waals surface area contributed by atoms with Gasteiger partial charge in [-0.05, 0) is 17.5 Å². The average Bonchev–Trinajstić information content (AvgIpc) is 2.94. The molecule has 0 saturated heterocycles. The molecule has 1 aliphatic rings. The molecule has 5 nitrogen and oxygen atoms in total. The fourth-order valence-corrected chi connectivity index (χ4v) is 3.39. The number of nitrogens with one attached hydrogen (secondary N) is 1. The van der Waals surface area contributed by atoms with Gasteiger partial charge in [0.1, 0.15) is 6.61 Å². The van der Waals surface area contributed by atoms with Crippen LogP contribution in [0.1, 0.15) is 22.7 Å². The van der Waals surface area contributed by atoms with Crippen LogP contribution in [0.3, 0.4) is 0 Å². The summed E-state index contributed by atoms with van der Waals surface area (Å²) in [6, 6.07) is 20.2. The number of allylic oxidation sites excluding steroid dienone is 1. The van der Waals surface area contributed by atoms with Gasteiger partial charge in [0.15, 0.2) is 5.75 Å². The van der Waals surface area contributed by atoms with Crippen molar-refractivity contribution in [3.8, 4) is 5.75 Å². The third-order valence-corrected chi connectivity index (χ3v) is 4.81. The fraction of sp³-hybridized carbons (Fsp3) is 0.217. The lowest BCUT2D eigenvalue weighted by molar-refractivity contribution is 0.316. The molecule has 0 aliphatic carbocycles. The van der Waals surface area contributed by atoms with Gasteiger partial charge in [0.2, 0.25) is 0 Å². The zero-order valence-corrected chi connectivity index (χ0v) is 15.6. The quantitative estimate of drug-likeness (QED) is 0.746. The maximum Gasteiger partial charge on any atom is 0.309 e. The van der Waals surface area contributed by atoms with Crippen LogP contribution >= 0.6 is 0 Å². The summed E-state index contributed by atoms with van der Waals surface area (Å²) in [7, 11) is 0. The normalized spacial score (nSPS) is 16.4. The highest BCUT2D eigenvalue weighted by Gasteiger charge is 2.23. The van der Waals surface area contributed by atoms with Crippen LogP contribution in [0.15, 0.2) is 77.7 Å². The lowest BCUT2D eigenvalue weighted by Crippen LogP contribution is -2.27. The van der Waals surface area contributed by atoms with Gasteiger partial charge in [-0.15, -0.1) is 0 Å². The van der Waals surface area contributed by atoms with Crippen LogP contribution in [-0.4, -0.2) is 22.9 Å². The number of benzene rings is 2. The third kappa shape index (κ3) is 4.21. The molecule has 4 rings (SSSR count). The van der Waals surface area contributed by atoms with E-state index in [4.69, 9.17) is 4.74 Å². The zero-order chi connectivity index (χ0) is 19.2. The number of ether oxygens (including phenoxy) is 1. The molecular weight excluding hydrogens is 350 g/mol. The molecule has 1 aliphatic heterocycles. The highest BCUT2D eigenvalue weighted by Crippen LogP contribution is 2.26. The second kappa shape index (κ2) is 8.67. The van der Waals surface area contributed by atoms with E-state index >= 15 is 0 Å². The van der Waals surface area contributed by atoms with Gasteiger partial charge >= 0.3 is 5.56 Å². The van der Waals surface area contributed by atoms with Crippen molar-refractivity contribution in [2.75, 3.05) is 13.2 Å². The zero-order valence-electron chi connectivity index (χ0n) is 15.6. The van der Waals surface area contributed by atoms with Gasteiger partial charge in [0, 0.05) is 18.2 Å². The van der Waals surface area contributed by atoms with Gasteiger partial charge in [-0.2, -0.15) is 5.10 Å². The first-order chi connectivity index (χ1) is 13.8. The maximum absolute atomic E-state index is 12.9. The Morgan fingerprint density at radius 2 is 1.86 bits per heavy atom. The Morgan fingerprint density at radius 1 is 1.11 bits per heavy atom. The van der Waals surface area contributed by atoms with Gasteiger partial charge in [-0.3, -0.25) is 4.79 Å². The number of nitrogens with zero attached hydrogens (tertiary/aromatic N) is 2. The summed E-state index contributed by atoms with van der Waals surface area (Å²) in [5.41, 5.74) is 2.95. The second-order valence-corrected chi connectivity index (χ2v) is 6.77. The van der Waals surface area contributed by atoms with Crippen molar-refractivity contribution in [2.24, 2.45) is 0 Å². The first kappa shape index (κ1) is 18.2. The van der Waals surface area contributed by atoms with Crippen molar-refractivity contribution in [2.45, 2.75) is 19.0 Å². The maximum atomic E-state index is 12.9. The minimum absolute atomic E-state index is 0.00890. The largest absolute Gasteiger partial charge is 0.486 e. The smallest absolute Gasteiger partial charge is 0.309 e. The molecule has 0 radical (unpaired) electrons. The molecule has 1 aromatic heterocycles. The van der Waals surface area contributed by atoms with Crippen LogP contribution in [-0.2, 0) is 13.0 Å². The van der Waals surface area contributed by atoms with Crippen molar-refractivity contribution in [3.63, 3.8) is 0 Å². The summed E-state index contributed by atoms with van der Waals surface area (Å²) in [5.74, 6) is 0.411. The van der Waals surface area contributed by atoms with Gasteiger partial charge in [-0.1, -0.05) is 72.8 Å². The van der Waals surface area contributed by atoms with Crippen LogP contribution in [0.25, 0.3) is 6.08 Å². The number of aromatic nitrogens is 2. The van der Waals surface area contributed by atoms with E-state index in [1.807, 2.05) is 60.7 Å². The van der Waals surface area contributed by atoms with Gasteiger partial charge in [0.05, 0.1) is 12.7 Å². The molecule has 3 aromatic rings. The number of fused-ring (bicyclic) bond motifs is 1. The van der Waals surface area contributed by atoms with E-state index in [1.54, 1.807) is 6.20 Å². The SMILES string of the molecule is O=c1c2c(cnn1C/C=C/c1ccccc1)C(Cc1ccccc1)NCCO2.